The van der Waals surface area contributed by atoms with Gasteiger partial charge in [-0.15, -0.1) is 0 Å². The molecule has 1 N–H and O–H groups in total. The Labute approximate surface area is 97.7 Å². The van der Waals surface area contributed by atoms with Crippen LogP contribution >= 0.6 is 0 Å². The molecular weight excluding hydrogens is 228 g/mol. The Balaban J connectivity index is 3.32. The fourth-order valence-electron chi connectivity index (χ4n) is 1.27. The van der Waals surface area contributed by atoms with Crippen molar-refractivity contribution >= 4 is 11.9 Å². The molecule has 0 spiro atoms. The van der Waals surface area contributed by atoms with Gasteiger partial charge in [0, 0.05) is 19.1 Å². The van der Waals surface area contributed by atoms with E-state index in [1.165, 1.54) is 33.3 Å². The maximum atomic E-state index is 10.9. The number of carboxylic acid groups (broad SMARTS) is 1. The van der Waals surface area contributed by atoms with E-state index in [0.29, 0.717) is 0 Å². The first-order valence-corrected chi connectivity index (χ1v) is 4.67. The van der Waals surface area contributed by atoms with E-state index >= 15 is 0 Å². The summed E-state index contributed by atoms with van der Waals surface area (Å²) in [5.41, 5.74) is -0.0692. The van der Waals surface area contributed by atoms with Crippen molar-refractivity contribution in [3.63, 3.8) is 0 Å². The van der Waals surface area contributed by atoms with Gasteiger partial charge in [0.1, 0.15) is 11.3 Å². The molecule has 0 unspecified atom stereocenters. The molecule has 92 valence electrons. The lowest BCUT2D eigenvalue weighted by atomic mass is 10.1. The summed E-state index contributed by atoms with van der Waals surface area (Å²) < 4.78 is 14.7. The van der Waals surface area contributed by atoms with Gasteiger partial charge in [0.05, 0.1) is 14.2 Å². The van der Waals surface area contributed by atoms with Gasteiger partial charge in [0.25, 0.3) is 0 Å². The number of carboxylic acids is 1. The van der Waals surface area contributed by atoms with Crippen molar-refractivity contribution in [2.75, 3.05) is 14.2 Å². The quantitative estimate of drug-likeness (QED) is 0.631. The normalized spacial score (nSPS) is 9.59. The Bertz CT molecular complexity index is 452. The Morgan fingerprint density at radius 3 is 2.06 bits per heavy atom. The number of rotatable bonds is 4. The average Bonchev–Trinajstić information content (AvgIpc) is 2.27. The van der Waals surface area contributed by atoms with Crippen molar-refractivity contribution in [1.29, 1.82) is 0 Å². The Hall–Kier alpha value is -2.24. The molecular formula is C11H12O6. The number of aromatic carboxylic acids is 1. The van der Waals surface area contributed by atoms with Crippen LogP contribution in [0.4, 0.5) is 0 Å². The van der Waals surface area contributed by atoms with Gasteiger partial charge in [-0.3, -0.25) is 4.79 Å². The summed E-state index contributed by atoms with van der Waals surface area (Å²) in [5.74, 6) is -1.34. The first kappa shape index (κ1) is 12.8. The van der Waals surface area contributed by atoms with Crippen LogP contribution in [0.5, 0.6) is 17.2 Å². The second kappa shape index (κ2) is 5.20. The van der Waals surface area contributed by atoms with E-state index in [9.17, 15) is 9.59 Å². The second-order valence-electron chi connectivity index (χ2n) is 3.10. The minimum absolute atomic E-state index is 0.0692. The first-order valence-electron chi connectivity index (χ1n) is 4.67. The highest BCUT2D eigenvalue weighted by molar-refractivity contribution is 5.92. The summed E-state index contributed by atoms with van der Waals surface area (Å²) in [4.78, 5) is 21.8. The lowest BCUT2D eigenvalue weighted by Gasteiger charge is -2.11. The summed E-state index contributed by atoms with van der Waals surface area (Å²) >= 11 is 0. The molecule has 0 heterocycles. The summed E-state index contributed by atoms with van der Waals surface area (Å²) in [6.45, 7) is 1.23. The standard InChI is InChI=1S/C11H12O6/c1-6(12)17-10-5-8(15-2)7(11(13)14)4-9(10)16-3/h4-5H,1-3H3,(H,13,14). The number of carbonyl (C=O) groups is 2. The van der Waals surface area contributed by atoms with E-state index in [1.807, 2.05) is 0 Å². The van der Waals surface area contributed by atoms with Gasteiger partial charge in [-0.05, 0) is 0 Å². The molecule has 0 aliphatic heterocycles. The third-order valence-electron chi connectivity index (χ3n) is 1.97. The molecule has 0 aromatic heterocycles. The molecule has 0 aliphatic carbocycles. The Morgan fingerprint density at radius 2 is 1.65 bits per heavy atom. The first-order chi connectivity index (χ1) is 7.99. The molecule has 6 heteroatoms. The van der Waals surface area contributed by atoms with Gasteiger partial charge in [0.2, 0.25) is 0 Å². The van der Waals surface area contributed by atoms with Crippen LogP contribution in [0, 0.1) is 0 Å². The van der Waals surface area contributed by atoms with Crippen LogP contribution in [0.1, 0.15) is 17.3 Å². The van der Waals surface area contributed by atoms with Crippen LogP contribution < -0.4 is 14.2 Å². The van der Waals surface area contributed by atoms with Crippen LogP contribution in [0.15, 0.2) is 12.1 Å². The van der Waals surface area contributed by atoms with E-state index in [-0.39, 0.29) is 22.8 Å². The van der Waals surface area contributed by atoms with Crippen molar-refractivity contribution in [3.8, 4) is 17.2 Å². The third kappa shape index (κ3) is 2.87. The van der Waals surface area contributed by atoms with Gasteiger partial charge in [-0.2, -0.15) is 0 Å². The molecule has 0 bridgehead atoms. The average molecular weight is 240 g/mol. The molecule has 1 aromatic carbocycles. The monoisotopic (exact) mass is 240 g/mol. The van der Waals surface area contributed by atoms with Gasteiger partial charge >= 0.3 is 11.9 Å². The predicted molar refractivity (Wildman–Crippen MR) is 57.8 cm³/mol. The van der Waals surface area contributed by atoms with Crippen molar-refractivity contribution in [1.82, 2.24) is 0 Å². The van der Waals surface area contributed by atoms with Crippen molar-refractivity contribution in [2.45, 2.75) is 6.92 Å². The molecule has 0 amide bonds. The largest absolute Gasteiger partial charge is 0.496 e. The third-order valence-corrected chi connectivity index (χ3v) is 1.97. The topological polar surface area (TPSA) is 82.1 Å². The van der Waals surface area contributed by atoms with E-state index < -0.39 is 11.9 Å². The van der Waals surface area contributed by atoms with Crippen LogP contribution in [0.3, 0.4) is 0 Å². The maximum Gasteiger partial charge on any atom is 0.339 e. The fourth-order valence-corrected chi connectivity index (χ4v) is 1.27. The van der Waals surface area contributed by atoms with Crippen molar-refractivity contribution in [2.24, 2.45) is 0 Å². The second-order valence-corrected chi connectivity index (χ2v) is 3.10. The van der Waals surface area contributed by atoms with Gasteiger partial charge in [-0.25, -0.2) is 4.79 Å². The predicted octanol–water partition coefficient (Wildman–Crippen LogP) is 1.33. The fraction of sp³-hybridized carbons (Fsp3) is 0.273. The zero-order valence-electron chi connectivity index (χ0n) is 9.64. The Kier molecular flexibility index (Phi) is 3.92. The molecule has 0 radical (unpaired) electrons. The van der Waals surface area contributed by atoms with Gasteiger partial charge < -0.3 is 19.3 Å². The Morgan fingerprint density at radius 1 is 1.06 bits per heavy atom. The summed E-state index contributed by atoms with van der Waals surface area (Å²) in [5, 5.41) is 8.95. The van der Waals surface area contributed by atoms with Gasteiger partial charge in [0.15, 0.2) is 11.5 Å². The van der Waals surface area contributed by atoms with Crippen LogP contribution in [-0.2, 0) is 4.79 Å². The zero-order chi connectivity index (χ0) is 13.0. The molecule has 0 saturated heterocycles. The highest BCUT2D eigenvalue weighted by Crippen LogP contribution is 2.34. The molecule has 6 nitrogen and oxygen atoms in total. The van der Waals surface area contributed by atoms with Gasteiger partial charge in [-0.1, -0.05) is 0 Å². The van der Waals surface area contributed by atoms with E-state index in [2.05, 4.69) is 0 Å². The lowest BCUT2D eigenvalue weighted by molar-refractivity contribution is -0.132. The highest BCUT2D eigenvalue weighted by Gasteiger charge is 2.17. The van der Waals surface area contributed by atoms with E-state index in [4.69, 9.17) is 19.3 Å². The number of ether oxygens (including phenoxy) is 3. The lowest BCUT2D eigenvalue weighted by Crippen LogP contribution is -2.06. The SMILES string of the molecule is COc1cc(C(=O)O)c(OC)cc1OC(C)=O. The number of benzene rings is 1. The maximum absolute atomic E-state index is 10.9. The minimum atomic E-state index is -1.16. The summed E-state index contributed by atoms with van der Waals surface area (Å²) in [6, 6.07) is 2.53. The molecule has 0 fully saturated rings. The van der Waals surface area contributed by atoms with Crippen molar-refractivity contribution < 1.29 is 28.9 Å². The number of esters is 1. The van der Waals surface area contributed by atoms with Crippen molar-refractivity contribution in [3.05, 3.63) is 17.7 Å². The summed E-state index contributed by atoms with van der Waals surface area (Å²) in [7, 11) is 2.67. The van der Waals surface area contributed by atoms with E-state index in [1.54, 1.807) is 0 Å². The van der Waals surface area contributed by atoms with Crippen LogP contribution in [-0.4, -0.2) is 31.3 Å². The van der Waals surface area contributed by atoms with Crippen LogP contribution in [0.2, 0.25) is 0 Å². The number of methoxy groups -OCH3 is 2. The smallest absolute Gasteiger partial charge is 0.339 e. The van der Waals surface area contributed by atoms with Crippen LogP contribution in [0.25, 0.3) is 0 Å². The zero-order valence-corrected chi connectivity index (χ0v) is 9.64. The minimum Gasteiger partial charge on any atom is -0.496 e. The molecule has 17 heavy (non-hydrogen) atoms. The molecule has 0 aliphatic rings. The molecule has 0 saturated carbocycles. The van der Waals surface area contributed by atoms with E-state index in [0.717, 1.165) is 0 Å². The molecule has 0 atom stereocenters. The molecule has 1 rings (SSSR count). The number of carbonyl (C=O) groups excluding carboxylic acids is 1. The molecule has 1 aromatic rings. The highest BCUT2D eigenvalue weighted by atomic mass is 16.6. The number of hydrogen-bond donors (Lipinski definition) is 1. The summed E-state index contributed by atoms with van der Waals surface area (Å²) in [6.07, 6.45) is 0. The number of hydrogen-bond acceptors (Lipinski definition) is 5.